The largest absolute Gasteiger partial charge is 0.444 e. The lowest BCUT2D eigenvalue weighted by Crippen LogP contribution is -2.32. The van der Waals surface area contributed by atoms with Crippen molar-refractivity contribution in [2.45, 2.75) is 53.2 Å². The van der Waals surface area contributed by atoms with Gasteiger partial charge in [-0.15, -0.1) is 0 Å². The van der Waals surface area contributed by atoms with Crippen LogP contribution in [-0.2, 0) is 11.3 Å². The molecule has 6 heteroatoms. The maximum Gasteiger partial charge on any atom is 0.407 e. The van der Waals surface area contributed by atoms with Gasteiger partial charge < -0.3 is 15.4 Å². The summed E-state index contributed by atoms with van der Waals surface area (Å²) >= 11 is 0. The number of amides is 2. The minimum atomic E-state index is -0.535. The Morgan fingerprint density at radius 3 is 2.41 bits per heavy atom. The molecule has 2 N–H and O–H groups in total. The summed E-state index contributed by atoms with van der Waals surface area (Å²) in [4.78, 5) is 28.1. The molecule has 0 aliphatic heterocycles. The van der Waals surface area contributed by atoms with Crippen LogP contribution in [0.1, 0.15) is 57.0 Å². The molecule has 0 radical (unpaired) electrons. The summed E-state index contributed by atoms with van der Waals surface area (Å²) in [6.07, 6.45) is 7.30. The molecule has 0 saturated heterocycles. The van der Waals surface area contributed by atoms with E-state index in [9.17, 15) is 9.59 Å². The van der Waals surface area contributed by atoms with Gasteiger partial charge >= 0.3 is 6.09 Å². The lowest BCUT2D eigenvalue weighted by atomic mass is 10.1. The fraction of sp³-hybridized carbons (Fsp3) is 0.381. The Labute approximate surface area is 161 Å². The Hall–Kier alpha value is -2.89. The van der Waals surface area contributed by atoms with Crippen LogP contribution in [0.5, 0.6) is 0 Å². The topological polar surface area (TPSA) is 79.8 Å². The lowest BCUT2D eigenvalue weighted by molar-refractivity contribution is 0.0523. The second-order valence-electron chi connectivity index (χ2n) is 6.80. The maximum atomic E-state index is 12.4. The number of rotatable bonds is 7. The number of alkyl carbamates (subject to hydrolysis) is 1. The van der Waals surface area contributed by atoms with E-state index in [0.29, 0.717) is 17.8 Å². The summed E-state index contributed by atoms with van der Waals surface area (Å²) in [5.41, 5.74) is 1.57. The van der Waals surface area contributed by atoms with E-state index in [-0.39, 0.29) is 5.91 Å². The monoisotopic (exact) mass is 371 g/mol. The third kappa shape index (κ3) is 9.39. The smallest absolute Gasteiger partial charge is 0.407 e. The molecule has 27 heavy (non-hydrogen) atoms. The van der Waals surface area contributed by atoms with Crippen molar-refractivity contribution >= 4 is 18.2 Å². The first-order valence-electron chi connectivity index (χ1n) is 8.96. The van der Waals surface area contributed by atoms with Crippen molar-refractivity contribution in [2.75, 3.05) is 0 Å². The maximum absolute atomic E-state index is 12.4. The highest BCUT2D eigenvalue weighted by Gasteiger charge is 2.15. The minimum Gasteiger partial charge on any atom is -0.444 e. The average molecular weight is 371 g/mol. The van der Waals surface area contributed by atoms with E-state index in [1.807, 2.05) is 40.7 Å². The van der Waals surface area contributed by atoms with E-state index in [2.05, 4.69) is 15.6 Å². The van der Waals surface area contributed by atoms with Gasteiger partial charge in [-0.2, -0.15) is 0 Å². The van der Waals surface area contributed by atoms with Crippen LogP contribution in [0, 0.1) is 0 Å². The van der Waals surface area contributed by atoms with E-state index < -0.39 is 11.7 Å². The molecule has 0 saturated carbocycles. The van der Waals surface area contributed by atoms with Gasteiger partial charge in [0.15, 0.2) is 0 Å². The molecule has 0 aliphatic rings. The van der Waals surface area contributed by atoms with E-state index in [0.717, 1.165) is 12.0 Å². The van der Waals surface area contributed by atoms with Crippen LogP contribution in [0.15, 0.2) is 53.3 Å². The second kappa shape index (κ2) is 11.0. The number of hydrogen-bond acceptors (Lipinski definition) is 4. The van der Waals surface area contributed by atoms with Crippen LogP contribution >= 0.6 is 0 Å². The van der Waals surface area contributed by atoms with Gasteiger partial charge in [0.1, 0.15) is 5.60 Å². The highest BCUT2D eigenvalue weighted by Crippen LogP contribution is 2.09. The van der Waals surface area contributed by atoms with Crippen molar-refractivity contribution < 1.29 is 14.3 Å². The first-order chi connectivity index (χ1) is 12.7. The molecule has 2 amide bonds. The predicted molar refractivity (Wildman–Crippen MR) is 109 cm³/mol. The van der Waals surface area contributed by atoms with Crippen LogP contribution in [0.4, 0.5) is 4.79 Å². The average Bonchev–Trinajstić information content (AvgIpc) is 2.59. The van der Waals surface area contributed by atoms with Gasteiger partial charge in [0.05, 0.1) is 0 Å². The van der Waals surface area contributed by atoms with Crippen molar-refractivity contribution in [1.82, 2.24) is 10.6 Å². The van der Waals surface area contributed by atoms with Crippen LogP contribution in [0.2, 0.25) is 0 Å². The summed E-state index contributed by atoms with van der Waals surface area (Å²) < 4.78 is 5.19. The molecular weight excluding hydrogens is 342 g/mol. The van der Waals surface area contributed by atoms with Crippen molar-refractivity contribution in [3.63, 3.8) is 0 Å². The molecule has 0 spiro atoms. The normalized spacial score (nSPS) is 12.4. The Morgan fingerprint density at radius 2 is 1.85 bits per heavy atom. The molecule has 0 aromatic heterocycles. The van der Waals surface area contributed by atoms with Crippen LogP contribution in [0.25, 0.3) is 0 Å². The highest BCUT2D eigenvalue weighted by molar-refractivity contribution is 5.95. The number of nitrogens with zero attached hydrogens (tertiary/aromatic N) is 1. The van der Waals surface area contributed by atoms with Crippen molar-refractivity contribution in [2.24, 2.45) is 4.99 Å². The second-order valence-corrected chi connectivity index (χ2v) is 6.80. The SMILES string of the molecule is CC=N/C=C\C(=C\CC)NC(=O)c1ccc(CNC(=O)OC(C)(C)C)cc1. The third-order valence-electron chi connectivity index (χ3n) is 3.22. The molecule has 0 unspecified atom stereocenters. The third-order valence-corrected chi connectivity index (χ3v) is 3.22. The van der Waals surface area contributed by atoms with Gasteiger partial charge in [-0.1, -0.05) is 25.1 Å². The molecule has 6 nitrogen and oxygen atoms in total. The Kier molecular flexibility index (Phi) is 8.99. The number of hydrogen-bond donors (Lipinski definition) is 2. The highest BCUT2D eigenvalue weighted by atomic mass is 16.6. The molecule has 0 fully saturated rings. The lowest BCUT2D eigenvalue weighted by Gasteiger charge is -2.19. The Balaban J connectivity index is 2.65. The molecule has 146 valence electrons. The van der Waals surface area contributed by atoms with Gasteiger partial charge in [0.2, 0.25) is 0 Å². The summed E-state index contributed by atoms with van der Waals surface area (Å²) in [6, 6.07) is 7.04. The molecule has 0 bridgehead atoms. The van der Waals surface area contributed by atoms with Gasteiger partial charge in [0.25, 0.3) is 5.91 Å². The zero-order chi connectivity index (χ0) is 20.3. The number of ether oxygens (including phenoxy) is 1. The quantitative estimate of drug-likeness (QED) is 0.553. The Morgan fingerprint density at radius 1 is 1.19 bits per heavy atom. The van der Waals surface area contributed by atoms with Gasteiger partial charge in [-0.05, 0) is 57.9 Å². The molecule has 1 aromatic carbocycles. The van der Waals surface area contributed by atoms with Crippen LogP contribution in [0.3, 0.4) is 0 Å². The fourth-order valence-electron chi connectivity index (χ4n) is 2.06. The summed E-state index contributed by atoms with van der Waals surface area (Å²) in [5.74, 6) is -0.202. The summed E-state index contributed by atoms with van der Waals surface area (Å²) in [5, 5.41) is 5.55. The predicted octanol–water partition coefficient (Wildman–Crippen LogP) is 4.34. The number of benzene rings is 1. The molecule has 1 rings (SSSR count). The molecule has 0 heterocycles. The van der Waals surface area contributed by atoms with Gasteiger partial charge in [-0.3, -0.25) is 9.79 Å². The van der Waals surface area contributed by atoms with Crippen molar-refractivity contribution in [3.8, 4) is 0 Å². The van der Waals surface area contributed by atoms with Crippen molar-refractivity contribution in [3.05, 3.63) is 59.4 Å². The van der Waals surface area contributed by atoms with Gasteiger partial charge in [0, 0.05) is 30.2 Å². The Bertz CT molecular complexity index is 711. The van der Waals surface area contributed by atoms with E-state index >= 15 is 0 Å². The van der Waals surface area contributed by atoms with Gasteiger partial charge in [-0.25, -0.2) is 4.79 Å². The van der Waals surface area contributed by atoms with Crippen LogP contribution < -0.4 is 10.6 Å². The van der Waals surface area contributed by atoms with E-state index in [4.69, 9.17) is 4.74 Å². The number of allylic oxidation sites excluding steroid dienone is 2. The summed E-state index contributed by atoms with van der Waals surface area (Å²) in [7, 11) is 0. The fourth-order valence-corrected chi connectivity index (χ4v) is 2.06. The standard InChI is InChI=1S/C21H29N3O3/c1-6-8-18(13-14-22-7-2)24-19(25)17-11-9-16(10-12-17)15-23-20(26)27-21(3,4)5/h7-14H,6,15H2,1-5H3,(H,23,26)(H,24,25)/b14-13-,18-8-,22-7?. The number of carbonyl (C=O) groups excluding carboxylic acids is 2. The zero-order valence-corrected chi connectivity index (χ0v) is 16.7. The first-order valence-corrected chi connectivity index (χ1v) is 8.96. The minimum absolute atomic E-state index is 0.202. The van der Waals surface area contributed by atoms with E-state index in [1.54, 1.807) is 42.8 Å². The summed E-state index contributed by atoms with van der Waals surface area (Å²) in [6.45, 7) is 9.58. The van der Waals surface area contributed by atoms with Crippen molar-refractivity contribution in [1.29, 1.82) is 0 Å². The molecule has 0 atom stereocenters. The van der Waals surface area contributed by atoms with Crippen LogP contribution in [-0.4, -0.2) is 23.8 Å². The van der Waals surface area contributed by atoms with E-state index in [1.165, 1.54) is 0 Å². The number of aliphatic imine (C=N–C) groups is 1. The first kappa shape index (κ1) is 22.2. The molecular formula is C21H29N3O3. The number of carbonyl (C=O) groups is 2. The number of nitrogens with one attached hydrogen (secondary N) is 2. The molecule has 0 aliphatic carbocycles. The zero-order valence-electron chi connectivity index (χ0n) is 16.7. The molecule has 1 aromatic rings.